The van der Waals surface area contributed by atoms with Gasteiger partial charge in [0.1, 0.15) is 0 Å². The van der Waals surface area contributed by atoms with Gasteiger partial charge in [-0.3, -0.25) is 9.88 Å². The van der Waals surface area contributed by atoms with Crippen LogP contribution in [0.2, 0.25) is 0 Å². The van der Waals surface area contributed by atoms with Crippen LogP contribution < -0.4 is 5.32 Å². The molecule has 0 spiro atoms. The van der Waals surface area contributed by atoms with Gasteiger partial charge in [-0.1, -0.05) is 24.3 Å². The molecule has 2 aromatic rings. The second kappa shape index (κ2) is 6.53. The highest BCUT2D eigenvalue weighted by atomic mass is 35.5. The van der Waals surface area contributed by atoms with E-state index in [9.17, 15) is 0 Å². The van der Waals surface area contributed by atoms with Crippen LogP contribution in [-0.4, -0.2) is 35.1 Å². The standard InChI is InChI=1S/C16H21N3.ClH/c1-12-10-19(13(2)9-17-12)11-15-8-7-14-5-3-4-6-16(14)18-15;/h3-8,12-13,17H,9-11H2,1-2H3;1H. The molecule has 20 heavy (non-hydrogen) atoms. The SMILES string of the molecule is CC1CN(Cc2ccc3ccccc3n2)C(C)CN1.Cl. The topological polar surface area (TPSA) is 28.2 Å². The fourth-order valence-electron chi connectivity index (χ4n) is 2.72. The van der Waals surface area contributed by atoms with Crippen molar-refractivity contribution < 1.29 is 0 Å². The average molecular weight is 292 g/mol. The van der Waals surface area contributed by atoms with E-state index in [1.54, 1.807) is 0 Å². The zero-order valence-electron chi connectivity index (χ0n) is 12.0. The molecule has 4 heteroatoms. The van der Waals surface area contributed by atoms with Gasteiger partial charge in [-0.15, -0.1) is 12.4 Å². The lowest BCUT2D eigenvalue weighted by Gasteiger charge is -2.37. The molecule has 1 fully saturated rings. The molecule has 3 nitrogen and oxygen atoms in total. The minimum absolute atomic E-state index is 0. The Morgan fingerprint density at radius 3 is 2.85 bits per heavy atom. The molecule has 2 unspecified atom stereocenters. The molecule has 3 rings (SSSR count). The Morgan fingerprint density at radius 1 is 1.20 bits per heavy atom. The highest BCUT2D eigenvalue weighted by molar-refractivity contribution is 5.85. The normalized spacial score (nSPS) is 23.5. The van der Waals surface area contributed by atoms with Gasteiger partial charge < -0.3 is 5.32 Å². The Morgan fingerprint density at radius 2 is 2.00 bits per heavy atom. The van der Waals surface area contributed by atoms with Gasteiger partial charge in [0.05, 0.1) is 11.2 Å². The first-order chi connectivity index (χ1) is 9.22. The molecule has 108 valence electrons. The quantitative estimate of drug-likeness (QED) is 0.922. The smallest absolute Gasteiger partial charge is 0.0705 e. The first-order valence-corrected chi connectivity index (χ1v) is 7.04. The molecule has 0 saturated carbocycles. The van der Waals surface area contributed by atoms with Crippen LogP contribution in [0.1, 0.15) is 19.5 Å². The van der Waals surface area contributed by atoms with Gasteiger partial charge in [0.2, 0.25) is 0 Å². The van der Waals surface area contributed by atoms with E-state index in [1.807, 2.05) is 0 Å². The predicted octanol–water partition coefficient (Wildman–Crippen LogP) is 2.84. The van der Waals surface area contributed by atoms with Crippen LogP contribution in [0.3, 0.4) is 0 Å². The third-order valence-electron chi connectivity index (χ3n) is 3.91. The van der Waals surface area contributed by atoms with E-state index in [2.05, 4.69) is 60.5 Å². The summed E-state index contributed by atoms with van der Waals surface area (Å²) in [5.41, 5.74) is 2.26. The number of nitrogens with one attached hydrogen (secondary N) is 1. The largest absolute Gasteiger partial charge is 0.311 e. The maximum atomic E-state index is 4.77. The third kappa shape index (κ3) is 3.29. The Balaban J connectivity index is 0.00000147. The number of halogens is 1. The molecule has 1 aromatic carbocycles. The molecule has 2 heterocycles. The van der Waals surface area contributed by atoms with Crippen molar-refractivity contribution in [3.63, 3.8) is 0 Å². The summed E-state index contributed by atoms with van der Waals surface area (Å²) >= 11 is 0. The van der Waals surface area contributed by atoms with Crippen LogP contribution in [0.4, 0.5) is 0 Å². The van der Waals surface area contributed by atoms with Crippen LogP contribution in [0.15, 0.2) is 36.4 Å². The summed E-state index contributed by atoms with van der Waals surface area (Å²) in [6, 6.07) is 13.8. The number of rotatable bonds is 2. The number of hydrogen-bond acceptors (Lipinski definition) is 3. The highest BCUT2D eigenvalue weighted by Gasteiger charge is 2.22. The average Bonchev–Trinajstić information content (AvgIpc) is 2.43. The summed E-state index contributed by atoms with van der Waals surface area (Å²) in [6.45, 7) is 7.62. The molecule has 1 aromatic heterocycles. The van der Waals surface area contributed by atoms with Crippen molar-refractivity contribution in [2.75, 3.05) is 13.1 Å². The van der Waals surface area contributed by atoms with E-state index >= 15 is 0 Å². The molecular weight excluding hydrogens is 270 g/mol. The van der Waals surface area contributed by atoms with Crippen molar-refractivity contribution >= 4 is 23.3 Å². The van der Waals surface area contributed by atoms with Gasteiger partial charge >= 0.3 is 0 Å². The molecule has 0 radical (unpaired) electrons. The van der Waals surface area contributed by atoms with E-state index in [-0.39, 0.29) is 12.4 Å². The number of pyridine rings is 1. The van der Waals surface area contributed by atoms with Crippen LogP contribution in [0, 0.1) is 0 Å². The Labute approximate surface area is 126 Å². The van der Waals surface area contributed by atoms with Gasteiger partial charge in [0.25, 0.3) is 0 Å². The number of para-hydroxylation sites is 1. The van der Waals surface area contributed by atoms with Gasteiger partial charge in [-0.25, -0.2) is 0 Å². The number of benzene rings is 1. The molecule has 0 aliphatic carbocycles. The molecule has 1 saturated heterocycles. The molecule has 1 aliphatic rings. The molecule has 0 bridgehead atoms. The third-order valence-corrected chi connectivity index (χ3v) is 3.91. The first-order valence-electron chi connectivity index (χ1n) is 7.04. The number of aromatic nitrogens is 1. The minimum atomic E-state index is 0. The van der Waals surface area contributed by atoms with Crippen LogP contribution in [0.25, 0.3) is 10.9 Å². The number of hydrogen-bond donors (Lipinski definition) is 1. The van der Waals surface area contributed by atoms with E-state index in [0.29, 0.717) is 12.1 Å². The van der Waals surface area contributed by atoms with Gasteiger partial charge in [0.15, 0.2) is 0 Å². The van der Waals surface area contributed by atoms with Crippen molar-refractivity contribution in [3.05, 3.63) is 42.1 Å². The van der Waals surface area contributed by atoms with Crippen molar-refractivity contribution in [1.82, 2.24) is 15.2 Å². The second-order valence-corrected chi connectivity index (χ2v) is 5.58. The number of nitrogens with zero attached hydrogens (tertiary/aromatic N) is 2. The van der Waals surface area contributed by atoms with E-state index < -0.39 is 0 Å². The lowest BCUT2D eigenvalue weighted by molar-refractivity contribution is 0.137. The maximum absolute atomic E-state index is 4.77. The zero-order valence-corrected chi connectivity index (χ0v) is 12.9. The number of fused-ring (bicyclic) bond motifs is 1. The van der Waals surface area contributed by atoms with Gasteiger partial charge in [0, 0.05) is 37.1 Å². The summed E-state index contributed by atoms with van der Waals surface area (Å²) in [6.07, 6.45) is 0. The fraction of sp³-hybridized carbons (Fsp3) is 0.438. The molecule has 0 amide bonds. The highest BCUT2D eigenvalue weighted by Crippen LogP contribution is 2.15. The van der Waals surface area contributed by atoms with Crippen molar-refractivity contribution in [3.8, 4) is 0 Å². The van der Waals surface area contributed by atoms with Crippen molar-refractivity contribution in [2.45, 2.75) is 32.5 Å². The van der Waals surface area contributed by atoms with Crippen LogP contribution in [0.5, 0.6) is 0 Å². The van der Waals surface area contributed by atoms with Gasteiger partial charge in [-0.05, 0) is 26.0 Å². The van der Waals surface area contributed by atoms with E-state index in [0.717, 1.165) is 25.2 Å². The van der Waals surface area contributed by atoms with Crippen LogP contribution in [-0.2, 0) is 6.54 Å². The lowest BCUT2D eigenvalue weighted by Crippen LogP contribution is -2.53. The maximum Gasteiger partial charge on any atom is 0.0705 e. The molecule has 1 N–H and O–H groups in total. The first kappa shape index (κ1) is 15.2. The van der Waals surface area contributed by atoms with Crippen molar-refractivity contribution in [1.29, 1.82) is 0 Å². The summed E-state index contributed by atoms with van der Waals surface area (Å²) in [5.74, 6) is 0. The Bertz CT molecular complexity index is 572. The summed E-state index contributed by atoms with van der Waals surface area (Å²) in [4.78, 5) is 7.28. The van der Waals surface area contributed by atoms with Gasteiger partial charge in [-0.2, -0.15) is 0 Å². The molecule has 1 aliphatic heterocycles. The molecular formula is C16H22ClN3. The van der Waals surface area contributed by atoms with Crippen molar-refractivity contribution in [2.24, 2.45) is 0 Å². The fourth-order valence-corrected chi connectivity index (χ4v) is 2.72. The summed E-state index contributed by atoms with van der Waals surface area (Å²) in [7, 11) is 0. The number of piperazine rings is 1. The van der Waals surface area contributed by atoms with E-state index in [1.165, 1.54) is 11.1 Å². The summed E-state index contributed by atoms with van der Waals surface area (Å²) in [5, 5.41) is 4.73. The monoisotopic (exact) mass is 291 g/mol. The van der Waals surface area contributed by atoms with E-state index in [4.69, 9.17) is 4.98 Å². The Kier molecular flexibility index (Phi) is 4.97. The van der Waals surface area contributed by atoms with Crippen LogP contribution >= 0.6 is 12.4 Å². The second-order valence-electron chi connectivity index (χ2n) is 5.58. The Hall–Kier alpha value is -1.16. The lowest BCUT2D eigenvalue weighted by atomic mass is 10.1. The zero-order chi connectivity index (χ0) is 13.2. The summed E-state index contributed by atoms with van der Waals surface area (Å²) < 4.78 is 0. The predicted molar refractivity (Wildman–Crippen MR) is 86.3 cm³/mol. The minimum Gasteiger partial charge on any atom is -0.311 e. The molecule has 2 atom stereocenters.